The Morgan fingerprint density at radius 2 is 1.77 bits per heavy atom. The molecule has 3 aromatic rings. The highest BCUT2D eigenvalue weighted by Crippen LogP contribution is 2.27. The summed E-state index contributed by atoms with van der Waals surface area (Å²) in [7, 11) is 0. The van der Waals surface area contributed by atoms with Gasteiger partial charge < -0.3 is 5.11 Å². The topological polar surface area (TPSA) is 50.9 Å². The van der Waals surface area contributed by atoms with Gasteiger partial charge in [0.25, 0.3) is 0 Å². The predicted octanol–water partition coefficient (Wildman–Crippen LogP) is 3.18. The van der Waals surface area contributed by atoms with Gasteiger partial charge in [-0.25, -0.2) is 9.07 Å². The van der Waals surface area contributed by atoms with E-state index in [1.54, 1.807) is 16.8 Å². The van der Waals surface area contributed by atoms with Crippen molar-refractivity contribution in [2.24, 2.45) is 0 Å². The van der Waals surface area contributed by atoms with Crippen LogP contribution in [0.1, 0.15) is 16.8 Å². The number of hydrogen-bond donors (Lipinski definition) is 1. The lowest BCUT2D eigenvalue weighted by Gasteiger charge is -2.10. The van der Waals surface area contributed by atoms with E-state index in [1.807, 2.05) is 32.0 Å². The van der Waals surface area contributed by atoms with Crippen LogP contribution >= 0.6 is 0 Å². The third kappa shape index (κ3) is 2.51. The molecule has 0 amide bonds. The fraction of sp³-hybridized carbons (Fsp3) is 0.176. The average Bonchev–Trinajstić information content (AvgIpc) is 2.94. The van der Waals surface area contributed by atoms with E-state index in [0.717, 1.165) is 16.8 Å². The van der Waals surface area contributed by atoms with E-state index in [4.69, 9.17) is 0 Å². The van der Waals surface area contributed by atoms with Crippen LogP contribution in [0.25, 0.3) is 16.9 Å². The first-order valence-corrected chi connectivity index (χ1v) is 6.99. The summed E-state index contributed by atoms with van der Waals surface area (Å²) in [5.74, 6) is -0.307. The number of aliphatic hydroxyl groups is 1. The van der Waals surface area contributed by atoms with Crippen LogP contribution in [-0.2, 0) is 6.61 Å². The molecule has 22 heavy (non-hydrogen) atoms. The van der Waals surface area contributed by atoms with Crippen LogP contribution in [0.5, 0.6) is 0 Å². The summed E-state index contributed by atoms with van der Waals surface area (Å²) in [6.45, 7) is 3.87. The number of halogens is 1. The van der Waals surface area contributed by atoms with Gasteiger partial charge in [0.1, 0.15) is 17.2 Å². The molecule has 0 aliphatic heterocycles. The van der Waals surface area contributed by atoms with Gasteiger partial charge in [-0.2, -0.15) is 0 Å². The fourth-order valence-corrected chi connectivity index (χ4v) is 2.36. The van der Waals surface area contributed by atoms with Crippen LogP contribution < -0.4 is 0 Å². The van der Waals surface area contributed by atoms with Crippen molar-refractivity contribution in [2.75, 3.05) is 0 Å². The Hall–Kier alpha value is -2.53. The normalized spacial score (nSPS) is 10.9. The lowest BCUT2D eigenvalue weighted by molar-refractivity contribution is 0.277. The molecule has 3 rings (SSSR count). The lowest BCUT2D eigenvalue weighted by Crippen LogP contribution is -2.01. The van der Waals surface area contributed by atoms with Gasteiger partial charge in [0, 0.05) is 5.56 Å². The van der Waals surface area contributed by atoms with Gasteiger partial charge in [-0.05, 0) is 55.3 Å². The summed E-state index contributed by atoms with van der Waals surface area (Å²) < 4.78 is 14.7. The maximum absolute atomic E-state index is 13.1. The van der Waals surface area contributed by atoms with Crippen molar-refractivity contribution in [3.05, 3.63) is 65.1 Å². The van der Waals surface area contributed by atoms with Crippen molar-refractivity contribution in [1.82, 2.24) is 15.0 Å². The Kier molecular flexibility index (Phi) is 3.73. The molecule has 0 radical (unpaired) electrons. The van der Waals surface area contributed by atoms with E-state index in [9.17, 15) is 9.50 Å². The first-order valence-electron chi connectivity index (χ1n) is 6.99. The molecule has 0 saturated carbocycles. The van der Waals surface area contributed by atoms with Crippen LogP contribution in [0.4, 0.5) is 4.39 Å². The van der Waals surface area contributed by atoms with Crippen molar-refractivity contribution >= 4 is 0 Å². The second-order valence-corrected chi connectivity index (χ2v) is 5.23. The Balaban J connectivity index is 2.19. The standard InChI is InChI=1S/C17H16FN3O/c1-11-3-4-13(9-12(11)2)17-16(10-22)19-20-21(17)15-7-5-14(18)6-8-15/h3-9,22H,10H2,1-2H3. The van der Waals surface area contributed by atoms with E-state index in [0.29, 0.717) is 11.4 Å². The monoisotopic (exact) mass is 297 g/mol. The zero-order valence-corrected chi connectivity index (χ0v) is 12.4. The van der Waals surface area contributed by atoms with Crippen LogP contribution in [0.15, 0.2) is 42.5 Å². The molecule has 0 fully saturated rings. The fourth-order valence-electron chi connectivity index (χ4n) is 2.36. The number of rotatable bonds is 3. The summed E-state index contributed by atoms with van der Waals surface area (Å²) >= 11 is 0. The van der Waals surface area contributed by atoms with Crippen molar-refractivity contribution in [1.29, 1.82) is 0 Å². The van der Waals surface area contributed by atoms with Crippen LogP contribution in [0.3, 0.4) is 0 Å². The second-order valence-electron chi connectivity index (χ2n) is 5.23. The van der Waals surface area contributed by atoms with Crippen LogP contribution in [-0.4, -0.2) is 20.1 Å². The number of hydrogen-bond acceptors (Lipinski definition) is 3. The molecular formula is C17H16FN3O. The zero-order chi connectivity index (χ0) is 15.7. The summed E-state index contributed by atoms with van der Waals surface area (Å²) in [5, 5.41) is 17.7. The minimum absolute atomic E-state index is 0.205. The maximum Gasteiger partial charge on any atom is 0.123 e. The van der Waals surface area contributed by atoms with E-state index in [1.165, 1.54) is 17.7 Å². The molecule has 112 valence electrons. The number of aromatic nitrogens is 3. The second kappa shape index (κ2) is 5.69. The van der Waals surface area contributed by atoms with E-state index < -0.39 is 0 Å². The Morgan fingerprint density at radius 3 is 2.41 bits per heavy atom. The summed E-state index contributed by atoms with van der Waals surface area (Å²) in [5.41, 5.74) is 5.16. The summed E-state index contributed by atoms with van der Waals surface area (Å²) in [6, 6.07) is 12.0. The number of nitrogens with zero attached hydrogens (tertiary/aromatic N) is 3. The molecule has 0 saturated heterocycles. The number of aliphatic hydroxyl groups excluding tert-OH is 1. The largest absolute Gasteiger partial charge is 0.390 e. The quantitative estimate of drug-likeness (QED) is 0.808. The first-order chi connectivity index (χ1) is 10.6. The van der Waals surface area contributed by atoms with Crippen molar-refractivity contribution in [3.63, 3.8) is 0 Å². The van der Waals surface area contributed by atoms with E-state index >= 15 is 0 Å². The Labute approximate surface area is 127 Å². The number of aryl methyl sites for hydroxylation is 2. The van der Waals surface area contributed by atoms with Crippen molar-refractivity contribution < 1.29 is 9.50 Å². The highest BCUT2D eigenvalue weighted by molar-refractivity contribution is 5.65. The molecule has 0 aliphatic carbocycles. The Morgan fingerprint density at radius 1 is 1.05 bits per heavy atom. The highest BCUT2D eigenvalue weighted by atomic mass is 19.1. The van der Waals surface area contributed by atoms with Crippen LogP contribution in [0.2, 0.25) is 0 Å². The maximum atomic E-state index is 13.1. The molecule has 1 N–H and O–H groups in total. The van der Waals surface area contributed by atoms with Gasteiger partial charge in [0.05, 0.1) is 12.3 Å². The molecule has 0 spiro atoms. The molecule has 1 aromatic heterocycles. The molecule has 2 aromatic carbocycles. The molecule has 1 heterocycles. The van der Waals surface area contributed by atoms with Gasteiger partial charge in [0.2, 0.25) is 0 Å². The minimum Gasteiger partial charge on any atom is -0.390 e. The molecule has 5 heteroatoms. The molecule has 4 nitrogen and oxygen atoms in total. The van der Waals surface area contributed by atoms with Gasteiger partial charge in [-0.3, -0.25) is 0 Å². The SMILES string of the molecule is Cc1ccc(-c2c(CO)nnn2-c2ccc(F)cc2)cc1C. The molecule has 0 aliphatic rings. The van der Waals surface area contributed by atoms with Gasteiger partial charge in [0.15, 0.2) is 0 Å². The van der Waals surface area contributed by atoms with Crippen molar-refractivity contribution in [2.45, 2.75) is 20.5 Å². The highest BCUT2D eigenvalue weighted by Gasteiger charge is 2.16. The third-order valence-corrected chi connectivity index (χ3v) is 3.74. The van der Waals surface area contributed by atoms with E-state index in [2.05, 4.69) is 10.3 Å². The molecule has 0 bridgehead atoms. The van der Waals surface area contributed by atoms with Gasteiger partial charge >= 0.3 is 0 Å². The average molecular weight is 297 g/mol. The van der Waals surface area contributed by atoms with Gasteiger partial charge in [-0.15, -0.1) is 5.10 Å². The van der Waals surface area contributed by atoms with Crippen LogP contribution in [0, 0.1) is 19.7 Å². The molecule has 0 unspecified atom stereocenters. The number of benzene rings is 2. The Bertz CT molecular complexity index is 809. The summed E-state index contributed by atoms with van der Waals surface area (Å²) in [6.07, 6.45) is 0. The predicted molar refractivity (Wildman–Crippen MR) is 82.1 cm³/mol. The first kappa shape index (κ1) is 14.4. The van der Waals surface area contributed by atoms with Gasteiger partial charge in [-0.1, -0.05) is 17.3 Å². The van der Waals surface area contributed by atoms with E-state index in [-0.39, 0.29) is 12.4 Å². The minimum atomic E-state index is -0.307. The zero-order valence-electron chi connectivity index (χ0n) is 12.4. The lowest BCUT2D eigenvalue weighted by atomic mass is 10.0. The smallest absolute Gasteiger partial charge is 0.123 e. The third-order valence-electron chi connectivity index (χ3n) is 3.74. The molecular weight excluding hydrogens is 281 g/mol. The summed E-state index contributed by atoms with van der Waals surface area (Å²) in [4.78, 5) is 0. The molecule has 0 atom stereocenters. The van der Waals surface area contributed by atoms with Crippen molar-refractivity contribution in [3.8, 4) is 16.9 Å².